The van der Waals surface area contributed by atoms with Gasteiger partial charge in [0.1, 0.15) is 17.8 Å². The van der Waals surface area contributed by atoms with Crippen molar-refractivity contribution in [1.82, 2.24) is 4.98 Å². The van der Waals surface area contributed by atoms with Gasteiger partial charge in [0.2, 0.25) is 0 Å². The highest BCUT2D eigenvalue weighted by Crippen LogP contribution is 2.24. The van der Waals surface area contributed by atoms with Crippen molar-refractivity contribution in [2.24, 2.45) is 0 Å². The van der Waals surface area contributed by atoms with E-state index in [1.54, 1.807) is 30.5 Å². The smallest absolute Gasteiger partial charge is 0.142 e. The fraction of sp³-hybridized carbons (Fsp3) is 0. The van der Waals surface area contributed by atoms with Gasteiger partial charge in [0.25, 0.3) is 0 Å². The second kappa shape index (κ2) is 5.31. The molecule has 0 saturated carbocycles. The molecular formula is C13H7BrN4. The summed E-state index contributed by atoms with van der Waals surface area (Å²) in [5.41, 5.74) is 2.26. The maximum absolute atomic E-state index is 9.02. The number of hydrogen-bond acceptors (Lipinski definition) is 4. The molecule has 0 atom stereocenters. The van der Waals surface area contributed by atoms with Crippen molar-refractivity contribution in [3.05, 3.63) is 52.3 Å². The molecule has 1 heterocycles. The largest absolute Gasteiger partial charge is 0.354 e. The molecule has 0 saturated heterocycles. The minimum absolute atomic E-state index is 0.327. The van der Waals surface area contributed by atoms with Crippen molar-refractivity contribution in [2.45, 2.75) is 0 Å². The molecule has 1 aromatic heterocycles. The normalized spacial score (nSPS) is 9.28. The number of nitrogens with zero attached hydrogens (tertiary/aromatic N) is 3. The first-order valence-corrected chi connectivity index (χ1v) is 5.85. The molecule has 86 valence electrons. The average molecular weight is 299 g/mol. The molecule has 0 bridgehead atoms. The zero-order valence-electron chi connectivity index (χ0n) is 9.18. The number of pyridine rings is 1. The summed E-state index contributed by atoms with van der Waals surface area (Å²) in [6, 6.07) is 12.8. The molecule has 1 N–H and O–H groups in total. The van der Waals surface area contributed by atoms with Crippen LogP contribution in [0.3, 0.4) is 0 Å². The van der Waals surface area contributed by atoms with Crippen molar-refractivity contribution < 1.29 is 0 Å². The number of aromatic nitrogens is 1. The van der Waals surface area contributed by atoms with E-state index in [0.29, 0.717) is 16.9 Å². The predicted molar refractivity (Wildman–Crippen MR) is 71.1 cm³/mol. The highest BCUT2D eigenvalue weighted by Gasteiger charge is 2.04. The lowest BCUT2D eigenvalue weighted by molar-refractivity contribution is 1.26. The number of benzene rings is 1. The summed E-state index contributed by atoms with van der Waals surface area (Å²) >= 11 is 3.35. The van der Waals surface area contributed by atoms with Crippen molar-refractivity contribution >= 4 is 27.3 Å². The predicted octanol–water partition coefficient (Wildman–Crippen LogP) is 3.33. The zero-order chi connectivity index (χ0) is 13.0. The van der Waals surface area contributed by atoms with Crippen LogP contribution in [0.2, 0.25) is 0 Å². The van der Waals surface area contributed by atoms with E-state index in [2.05, 4.69) is 32.3 Å². The van der Waals surface area contributed by atoms with Crippen LogP contribution in [0.5, 0.6) is 0 Å². The Morgan fingerprint density at radius 2 is 1.94 bits per heavy atom. The summed E-state index contributed by atoms with van der Waals surface area (Å²) in [5.74, 6) is 0. The van der Waals surface area contributed by atoms with E-state index in [4.69, 9.17) is 10.5 Å². The Hall–Kier alpha value is -2.37. The second-order valence-corrected chi connectivity index (χ2v) is 4.38. The lowest BCUT2D eigenvalue weighted by Crippen LogP contribution is -1.95. The highest BCUT2D eigenvalue weighted by molar-refractivity contribution is 9.10. The van der Waals surface area contributed by atoms with Gasteiger partial charge in [0, 0.05) is 16.4 Å². The van der Waals surface area contributed by atoms with Crippen LogP contribution in [0.15, 0.2) is 41.0 Å². The number of rotatable bonds is 2. The fourth-order valence-electron chi connectivity index (χ4n) is 1.44. The van der Waals surface area contributed by atoms with Gasteiger partial charge in [0.05, 0.1) is 11.3 Å². The number of halogens is 1. The van der Waals surface area contributed by atoms with Gasteiger partial charge in [-0.05, 0) is 30.3 Å². The van der Waals surface area contributed by atoms with Gasteiger partial charge in [-0.2, -0.15) is 10.5 Å². The zero-order valence-corrected chi connectivity index (χ0v) is 10.8. The lowest BCUT2D eigenvalue weighted by atomic mass is 10.2. The molecule has 18 heavy (non-hydrogen) atoms. The van der Waals surface area contributed by atoms with Crippen molar-refractivity contribution in [3.63, 3.8) is 0 Å². The molecule has 4 nitrogen and oxygen atoms in total. The summed E-state index contributed by atoms with van der Waals surface area (Å²) in [6.45, 7) is 0. The van der Waals surface area contributed by atoms with Crippen LogP contribution in [-0.2, 0) is 0 Å². The molecule has 0 spiro atoms. The SMILES string of the molecule is N#Cc1cc(Nc2cc(Br)ccc2C#N)ccn1. The molecular weight excluding hydrogens is 292 g/mol. The summed E-state index contributed by atoms with van der Waals surface area (Å²) in [7, 11) is 0. The quantitative estimate of drug-likeness (QED) is 0.923. The average Bonchev–Trinajstić information content (AvgIpc) is 2.39. The van der Waals surface area contributed by atoms with Crippen LogP contribution < -0.4 is 5.32 Å². The number of anilines is 2. The van der Waals surface area contributed by atoms with Gasteiger partial charge in [-0.1, -0.05) is 15.9 Å². The van der Waals surface area contributed by atoms with Crippen LogP contribution >= 0.6 is 15.9 Å². The van der Waals surface area contributed by atoms with Gasteiger partial charge < -0.3 is 5.32 Å². The lowest BCUT2D eigenvalue weighted by Gasteiger charge is -2.08. The van der Waals surface area contributed by atoms with E-state index in [0.717, 1.165) is 10.2 Å². The topological polar surface area (TPSA) is 72.5 Å². The molecule has 0 aliphatic rings. The third-order valence-electron chi connectivity index (χ3n) is 2.26. The first kappa shape index (κ1) is 12.1. The van der Waals surface area contributed by atoms with E-state index in [-0.39, 0.29) is 0 Å². The van der Waals surface area contributed by atoms with E-state index in [1.807, 2.05) is 12.1 Å². The monoisotopic (exact) mass is 298 g/mol. The van der Waals surface area contributed by atoms with E-state index in [1.165, 1.54) is 0 Å². The Labute approximate surface area is 113 Å². The summed E-state index contributed by atoms with van der Waals surface area (Å²) in [5, 5.41) is 20.9. The minimum Gasteiger partial charge on any atom is -0.354 e. The van der Waals surface area contributed by atoms with E-state index < -0.39 is 0 Å². The van der Waals surface area contributed by atoms with Gasteiger partial charge in [-0.3, -0.25) is 0 Å². The van der Waals surface area contributed by atoms with Crippen LogP contribution in [0.1, 0.15) is 11.3 Å². The van der Waals surface area contributed by atoms with Gasteiger partial charge >= 0.3 is 0 Å². The van der Waals surface area contributed by atoms with Crippen LogP contribution in [0, 0.1) is 22.7 Å². The number of nitrogens with one attached hydrogen (secondary N) is 1. The third kappa shape index (κ3) is 2.65. The molecule has 0 radical (unpaired) electrons. The van der Waals surface area contributed by atoms with Crippen molar-refractivity contribution in [3.8, 4) is 12.1 Å². The maximum atomic E-state index is 9.02. The summed E-state index contributed by atoms with van der Waals surface area (Å²) in [6.07, 6.45) is 1.55. The third-order valence-corrected chi connectivity index (χ3v) is 2.75. The Kier molecular flexibility index (Phi) is 3.57. The maximum Gasteiger partial charge on any atom is 0.142 e. The number of hydrogen-bond donors (Lipinski definition) is 1. The Morgan fingerprint density at radius 1 is 1.11 bits per heavy atom. The van der Waals surface area contributed by atoms with E-state index in [9.17, 15) is 0 Å². The molecule has 1 aromatic carbocycles. The van der Waals surface area contributed by atoms with Crippen LogP contribution in [0.25, 0.3) is 0 Å². The standard InChI is InChI=1S/C13H7BrN4/c14-10-2-1-9(7-15)13(5-10)18-11-3-4-17-12(6-11)8-16/h1-6H,(H,17,18). The molecule has 0 aliphatic carbocycles. The number of nitriles is 2. The first-order valence-electron chi connectivity index (χ1n) is 5.06. The molecule has 0 aliphatic heterocycles. The fourth-order valence-corrected chi connectivity index (χ4v) is 1.80. The van der Waals surface area contributed by atoms with Crippen LogP contribution in [0.4, 0.5) is 11.4 Å². The minimum atomic E-state index is 0.327. The van der Waals surface area contributed by atoms with Gasteiger partial charge in [-0.25, -0.2) is 4.98 Å². The molecule has 0 amide bonds. The van der Waals surface area contributed by atoms with Gasteiger partial charge in [-0.15, -0.1) is 0 Å². The summed E-state index contributed by atoms with van der Waals surface area (Å²) in [4.78, 5) is 3.88. The van der Waals surface area contributed by atoms with E-state index >= 15 is 0 Å². The van der Waals surface area contributed by atoms with Crippen molar-refractivity contribution in [2.75, 3.05) is 5.32 Å². The molecule has 2 rings (SSSR count). The Morgan fingerprint density at radius 3 is 2.67 bits per heavy atom. The summed E-state index contributed by atoms with van der Waals surface area (Å²) < 4.78 is 0.874. The van der Waals surface area contributed by atoms with Gasteiger partial charge in [0.15, 0.2) is 0 Å². The van der Waals surface area contributed by atoms with Crippen molar-refractivity contribution in [1.29, 1.82) is 10.5 Å². The molecule has 0 fully saturated rings. The first-order chi connectivity index (χ1) is 8.72. The highest BCUT2D eigenvalue weighted by atomic mass is 79.9. The van der Waals surface area contributed by atoms with Crippen LogP contribution in [-0.4, -0.2) is 4.98 Å². The second-order valence-electron chi connectivity index (χ2n) is 3.47. The Bertz CT molecular complexity index is 667. The Balaban J connectivity index is 2.37. The molecule has 5 heteroatoms. The molecule has 0 unspecified atom stereocenters. The molecule has 2 aromatic rings.